The molecule has 1 aliphatic heterocycles. The smallest absolute Gasteiger partial charge is 0.288 e. The summed E-state index contributed by atoms with van der Waals surface area (Å²) in [6.07, 6.45) is 1.12. The Morgan fingerprint density at radius 1 is 1.06 bits per heavy atom. The number of anilines is 1. The topological polar surface area (TPSA) is 72.2 Å². The van der Waals surface area contributed by atoms with Crippen molar-refractivity contribution in [2.75, 3.05) is 5.32 Å². The summed E-state index contributed by atoms with van der Waals surface area (Å²) in [7, 11) is 0. The first kappa shape index (κ1) is 21.0. The minimum Gasteiger partial charge on any atom is -0.373 e. The second kappa shape index (κ2) is 7.32. The van der Waals surface area contributed by atoms with Gasteiger partial charge in [0, 0.05) is 39.9 Å². The molecule has 1 aliphatic carbocycles. The maximum Gasteiger partial charge on any atom is 0.288 e. The molecule has 1 N–H and O–H groups in total. The van der Waals surface area contributed by atoms with Crippen LogP contribution in [-0.4, -0.2) is 10.7 Å². The first-order valence-electron chi connectivity index (χ1n) is 10.3. The molecule has 1 unspecified atom stereocenters. The van der Waals surface area contributed by atoms with Crippen LogP contribution < -0.4 is 5.32 Å². The molecule has 0 amide bonds. The van der Waals surface area contributed by atoms with Gasteiger partial charge in [-0.3, -0.25) is 14.9 Å². The molecule has 5 rings (SSSR count). The van der Waals surface area contributed by atoms with Crippen molar-refractivity contribution in [3.05, 3.63) is 85.4 Å². The van der Waals surface area contributed by atoms with Crippen LogP contribution in [0.5, 0.6) is 0 Å². The fraction of sp³-hybridized carbons (Fsp3) is 0.240. The van der Waals surface area contributed by atoms with Gasteiger partial charge in [0.25, 0.3) is 5.69 Å². The Morgan fingerprint density at radius 2 is 1.81 bits per heavy atom. The normalized spacial score (nSPS) is 19.4. The minimum atomic E-state index is -0.592. The Bertz CT molecular complexity index is 1360. The third-order valence-electron chi connectivity index (χ3n) is 6.31. The molecule has 1 atom stereocenters. The first-order valence-corrected chi connectivity index (χ1v) is 11.1. The fourth-order valence-electron chi connectivity index (χ4n) is 4.99. The van der Waals surface area contributed by atoms with Gasteiger partial charge in [0.2, 0.25) is 0 Å². The first-order chi connectivity index (χ1) is 15.2. The lowest BCUT2D eigenvalue weighted by Crippen LogP contribution is -2.33. The Balaban J connectivity index is 1.81. The molecule has 1 heterocycles. The summed E-state index contributed by atoms with van der Waals surface area (Å²) in [6.45, 7) is 4.19. The molecule has 3 aromatic carbocycles. The Hall–Kier alpha value is -2.89. The number of allylic oxidation sites excluding steroid dienone is 1. The van der Waals surface area contributed by atoms with E-state index in [4.69, 9.17) is 23.2 Å². The number of halogens is 2. The molecule has 0 radical (unpaired) electrons. The molecule has 2 aliphatic rings. The van der Waals surface area contributed by atoms with E-state index in [0.29, 0.717) is 17.6 Å². The SMILES string of the molecule is CC1(C)CC(=O)C2=C(C1)c1c(ccc3ccccc13)NC2c1cc([N+](=O)[O-])c(Cl)cc1Cl. The van der Waals surface area contributed by atoms with Crippen LogP contribution in [0.1, 0.15) is 43.9 Å². The zero-order valence-corrected chi connectivity index (χ0v) is 19.1. The predicted molar refractivity (Wildman–Crippen MR) is 128 cm³/mol. The number of rotatable bonds is 2. The summed E-state index contributed by atoms with van der Waals surface area (Å²) in [5, 5.41) is 17.4. The number of ketones is 1. The molecular weight excluding hydrogens is 447 g/mol. The molecule has 7 heteroatoms. The van der Waals surface area contributed by atoms with Gasteiger partial charge in [-0.1, -0.05) is 67.4 Å². The van der Waals surface area contributed by atoms with Crippen molar-refractivity contribution in [3.8, 4) is 0 Å². The van der Waals surface area contributed by atoms with Gasteiger partial charge in [-0.15, -0.1) is 0 Å². The number of hydrogen-bond donors (Lipinski definition) is 1. The van der Waals surface area contributed by atoms with Crippen LogP contribution in [0.2, 0.25) is 10.0 Å². The lowest BCUT2D eigenvalue weighted by atomic mass is 9.68. The molecule has 0 bridgehead atoms. The second-order valence-electron chi connectivity index (χ2n) is 9.20. The van der Waals surface area contributed by atoms with Crippen LogP contribution in [0.15, 0.2) is 54.1 Å². The quantitative estimate of drug-likeness (QED) is 0.316. The standard InChI is InChI=1S/C25H20Cl2N2O3/c1-25(2)11-16-22-14-6-4-3-5-13(14)7-8-19(22)28-24(23(16)21(30)12-25)15-9-20(29(31)32)18(27)10-17(15)26/h3-10,24,28H,11-12H2,1-2H3. The summed E-state index contributed by atoms with van der Waals surface area (Å²) in [5.74, 6) is 0.0287. The van der Waals surface area contributed by atoms with E-state index >= 15 is 0 Å². The molecule has 32 heavy (non-hydrogen) atoms. The lowest BCUT2D eigenvalue weighted by molar-refractivity contribution is -0.384. The number of fused-ring (bicyclic) bond motifs is 4. The molecule has 162 valence electrons. The molecule has 0 spiro atoms. The molecule has 0 aromatic heterocycles. The van der Waals surface area contributed by atoms with Gasteiger partial charge in [0.05, 0.1) is 11.0 Å². The van der Waals surface area contributed by atoms with E-state index in [1.54, 1.807) is 0 Å². The van der Waals surface area contributed by atoms with Crippen molar-refractivity contribution in [1.29, 1.82) is 0 Å². The Kier molecular flexibility index (Phi) is 4.80. The number of nitro benzene ring substituents is 1. The summed E-state index contributed by atoms with van der Waals surface area (Å²) >= 11 is 12.6. The third-order valence-corrected chi connectivity index (χ3v) is 6.94. The average Bonchev–Trinajstić information content (AvgIpc) is 2.71. The van der Waals surface area contributed by atoms with Crippen molar-refractivity contribution in [2.24, 2.45) is 5.41 Å². The monoisotopic (exact) mass is 466 g/mol. The largest absolute Gasteiger partial charge is 0.373 e. The van der Waals surface area contributed by atoms with Crippen LogP contribution in [0.3, 0.4) is 0 Å². The zero-order chi connectivity index (χ0) is 22.8. The van der Waals surface area contributed by atoms with E-state index in [2.05, 4.69) is 31.3 Å². The highest BCUT2D eigenvalue weighted by Gasteiger charge is 2.41. The average molecular weight is 467 g/mol. The number of Topliss-reactive ketones (excluding diaryl/α,β-unsaturated/α-hetero) is 1. The van der Waals surface area contributed by atoms with Gasteiger partial charge in [0.1, 0.15) is 5.02 Å². The minimum absolute atomic E-state index is 0.0287. The van der Waals surface area contributed by atoms with Crippen molar-refractivity contribution < 1.29 is 9.72 Å². The lowest BCUT2D eigenvalue weighted by Gasteiger charge is -2.40. The van der Waals surface area contributed by atoms with Crippen LogP contribution >= 0.6 is 23.2 Å². The van der Waals surface area contributed by atoms with Gasteiger partial charge < -0.3 is 5.32 Å². The summed E-state index contributed by atoms with van der Waals surface area (Å²) in [5.41, 5.74) is 3.57. The third kappa shape index (κ3) is 3.28. The van der Waals surface area contributed by atoms with E-state index in [-0.39, 0.29) is 26.9 Å². The van der Waals surface area contributed by atoms with Crippen molar-refractivity contribution >= 4 is 56.7 Å². The van der Waals surface area contributed by atoms with Gasteiger partial charge in [-0.05, 0) is 40.3 Å². The molecule has 3 aromatic rings. The summed E-state index contributed by atoms with van der Waals surface area (Å²) in [4.78, 5) is 24.5. The van der Waals surface area contributed by atoms with Crippen molar-refractivity contribution in [2.45, 2.75) is 32.7 Å². The predicted octanol–water partition coefficient (Wildman–Crippen LogP) is 7.36. The van der Waals surface area contributed by atoms with Crippen LogP contribution in [0, 0.1) is 15.5 Å². The number of nitrogens with one attached hydrogen (secondary N) is 1. The summed E-state index contributed by atoms with van der Waals surface area (Å²) < 4.78 is 0. The van der Waals surface area contributed by atoms with Gasteiger partial charge in [-0.2, -0.15) is 0 Å². The number of hydrogen-bond acceptors (Lipinski definition) is 4. The maximum absolute atomic E-state index is 13.5. The molecular formula is C25H20Cl2N2O3. The maximum atomic E-state index is 13.5. The zero-order valence-electron chi connectivity index (χ0n) is 17.5. The molecule has 0 saturated carbocycles. The van der Waals surface area contributed by atoms with Crippen molar-refractivity contribution in [3.63, 3.8) is 0 Å². The number of carbonyl (C=O) groups is 1. The van der Waals surface area contributed by atoms with Crippen molar-refractivity contribution in [1.82, 2.24) is 0 Å². The van der Waals surface area contributed by atoms with E-state index in [9.17, 15) is 14.9 Å². The van der Waals surface area contributed by atoms with Gasteiger partial charge in [0.15, 0.2) is 5.78 Å². The molecule has 0 fully saturated rings. The van der Waals surface area contributed by atoms with Gasteiger partial charge in [-0.25, -0.2) is 0 Å². The van der Waals surface area contributed by atoms with E-state index in [1.165, 1.54) is 12.1 Å². The Labute approximate surface area is 195 Å². The van der Waals surface area contributed by atoms with E-state index in [1.807, 2.05) is 24.3 Å². The number of nitro groups is 1. The van der Waals surface area contributed by atoms with E-state index < -0.39 is 11.0 Å². The number of nitrogens with zero attached hydrogens (tertiary/aromatic N) is 1. The highest BCUT2D eigenvalue weighted by Crippen LogP contribution is 2.53. The highest BCUT2D eigenvalue weighted by atomic mass is 35.5. The fourth-order valence-corrected chi connectivity index (χ4v) is 5.55. The highest BCUT2D eigenvalue weighted by molar-refractivity contribution is 6.36. The Morgan fingerprint density at radius 3 is 2.56 bits per heavy atom. The summed E-state index contributed by atoms with van der Waals surface area (Å²) in [6, 6.07) is 14.3. The number of benzene rings is 3. The second-order valence-corrected chi connectivity index (χ2v) is 10.0. The van der Waals surface area contributed by atoms with E-state index in [0.717, 1.165) is 34.0 Å². The molecule has 5 nitrogen and oxygen atoms in total. The van der Waals surface area contributed by atoms with Crippen LogP contribution in [-0.2, 0) is 4.79 Å². The molecule has 0 saturated heterocycles. The number of carbonyl (C=O) groups excluding carboxylic acids is 1. The van der Waals surface area contributed by atoms with Crippen LogP contribution in [0.25, 0.3) is 16.3 Å². The van der Waals surface area contributed by atoms with Crippen LogP contribution in [0.4, 0.5) is 11.4 Å². The van der Waals surface area contributed by atoms with Gasteiger partial charge >= 0.3 is 0 Å².